The molecule has 1 saturated carbocycles. The molecule has 4 amide bonds. The fraction of sp³-hybridized carbons (Fsp3) is 0.650. The van der Waals surface area contributed by atoms with E-state index in [0.717, 1.165) is 65.9 Å². The molecule has 1 heterocycles. The number of rotatable bonds is 5. The zero-order chi connectivity index (χ0) is 22.6. The van der Waals surface area contributed by atoms with Crippen LogP contribution in [0, 0.1) is 0 Å². The summed E-state index contributed by atoms with van der Waals surface area (Å²) in [5.41, 5.74) is 1.22. The predicted octanol–water partition coefficient (Wildman–Crippen LogP) is 3.64. The lowest BCUT2D eigenvalue weighted by atomic mass is 9.95. The maximum absolute atomic E-state index is 12.7. The van der Waals surface area contributed by atoms with Gasteiger partial charge in [-0.1, -0.05) is 19.3 Å². The van der Waals surface area contributed by atoms with E-state index < -0.39 is 34.1 Å². The summed E-state index contributed by atoms with van der Waals surface area (Å²) in [5.74, 6) is -0.511. The number of nitrogens with one attached hydrogen (secondary N) is 2. The van der Waals surface area contributed by atoms with Crippen molar-refractivity contribution >= 4 is 44.4 Å². The molecular formula is C20H29N3O6S2. The fourth-order valence-electron chi connectivity index (χ4n) is 4.26. The van der Waals surface area contributed by atoms with Crippen LogP contribution >= 0.6 is 11.3 Å². The van der Waals surface area contributed by atoms with Crippen molar-refractivity contribution in [3.05, 3.63) is 16.0 Å². The van der Waals surface area contributed by atoms with Crippen molar-refractivity contribution in [3.8, 4) is 0 Å². The first kappa shape index (κ1) is 23.5. The van der Waals surface area contributed by atoms with Crippen LogP contribution in [-0.4, -0.2) is 49.7 Å². The van der Waals surface area contributed by atoms with E-state index in [1.54, 1.807) is 6.92 Å². The van der Waals surface area contributed by atoms with Crippen LogP contribution in [0.3, 0.4) is 0 Å². The lowest BCUT2D eigenvalue weighted by molar-refractivity contribution is 0.0526. The molecule has 3 rings (SSSR count). The highest BCUT2D eigenvalue weighted by Gasteiger charge is 2.34. The minimum atomic E-state index is -3.84. The van der Waals surface area contributed by atoms with E-state index in [9.17, 15) is 22.8 Å². The van der Waals surface area contributed by atoms with Crippen molar-refractivity contribution < 1.29 is 27.5 Å². The van der Waals surface area contributed by atoms with Gasteiger partial charge in [-0.2, -0.15) is 0 Å². The average Bonchev–Trinajstić information content (AvgIpc) is 3.05. The SMILES string of the molecule is CCOC(=O)c1c(NC(=O)NC(=O)N(C2CCCCC2)S(C)(=O)=O)sc2c1CCCC2. The molecule has 1 fully saturated rings. The molecule has 2 aliphatic rings. The van der Waals surface area contributed by atoms with E-state index in [-0.39, 0.29) is 6.61 Å². The number of esters is 1. The number of hydrogen-bond donors (Lipinski definition) is 2. The first-order valence-electron chi connectivity index (χ1n) is 10.7. The maximum atomic E-state index is 12.7. The Bertz CT molecular complexity index is 950. The van der Waals surface area contributed by atoms with Gasteiger partial charge in [-0.05, 0) is 51.0 Å². The Morgan fingerprint density at radius 3 is 2.42 bits per heavy atom. The highest BCUT2D eigenvalue weighted by Crippen LogP contribution is 2.38. The summed E-state index contributed by atoms with van der Waals surface area (Å²) in [6.45, 7) is 1.92. The van der Waals surface area contributed by atoms with Gasteiger partial charge in [0.05, 0.1) is 18.4 Å². The van der Waals surface area contributed by atoms with Crippen molar-refractivity contribution in [1.82, 2.24) is 9.62 Å². The number of imide groups is 1. The van der Waals surface area contributed by atoms with Crippen molar-refractivity contribution in [2.75, 3.05) is 18.2 Å². The van der Waals surface area contributed by atoms with Gasteiger partial charge in [0.15, 0.2) is 0 Å². The van der Waals surface area contributed by atoms with Crippen molar-refractivity contribution in [3.63, 3.8) is 0 Å². The topological polar surface area (TPSA) is 122 Å². The van der Waals surface area contributed by atoms with Crippen LogP contribution in [0.25, 0.3) is 0 Å². The molecule has 0 saturated heterocycles. The zero-order valence-corrected chi connectivity index (χ0v) is 19.5. The van der Waals surface area contributed by atoms with E-state index in [1.807, 2.05) is 0 Å². The van der Waals surface area contributed by atoms with Crippen LogP contribution in [0.1, 0.15) is 72.7 Å². The first-order chi connectivity index (χ1) is 14.7. The summed E-state index contributed by atoms with van der Waals surface area (Å²) in [5, 5.41) is 5.01. The number of carbonyl (C=O) groups is 3. The Balaban J connectivity index is 1.77. The van der Waals surface area contributed by atoms with Gasteiger partial charge < -0.3 is 4.74 Å². The molecule has 0 spiro atoms. The fourth-order valence-corrected chi connectivity index (χ4v) is 6.63. The highest BCUT2D eigenvalue weighted by molar-refractivity contribution is 7.88. The second-order valence-corrected chi connectivity index (χ2v) is 10.8. The number of anilines is 1. The smallest absolute Gasteiger partial charge is 0.341 e. The second-order valence-electron chi connectivity index (χ2n) is 7.87. The number of sulfonamides is 1. The van der Waals surface area contributed by atoms with E-state index in [1.165, 1.54) is 11.3 Å². The van der Waals surface area contributed by atoms with Crippen LogP contribution < -0.4 is 10.6 Å². The minimum Gasteiger partial charge on any atom is -0.462 e. The minimum absolute atomic E-state index is 0.207. The highest BCUT2D eigenvalue weighted by atomic mass is 32.2. The second kappa shape index (κ2) is 9.99. The number of aryl methyl sites for hydroxylation is 1. The molecule has 9 nitrogen and oxygen atoms in total. The number of carbonyl (C=O) groups excluding carboxylic acids is 3. The summed E-state index contributed by atoms with van der Waals surface area (Å²) in [7, 11) is -3.84. The van der Waals surface area contributed by atoms with Gasteiger partial charge in [-0.25, -0.2) is 27.1 Å². The molecule has 31 heavy (non-hydrogen) atoms. The molecule has 2 N–H and O–H groups in total. The van der Waals surface area contributed by atoms with Crippen LogP contribution in [0.4, 0.5) is 14.6 Å². The Labute approximate surface area is 186 Å². The molecule has 0 unspecified atom stereocenters. The number of hydrogen-bond acceptors (Lipinski definition) is 7. The average molecular weight is 472 g/mol. The molecule has 0 aromatic carbocycles. The summed E-state index contributed by atoms with van der Waals surface area (Å²) in [4.78, 5) is 38.8. The summed E-state index contributed by atoms with van der Waals surface area (Å²) in [6.07, 6.45) is 8.28. The molecule has 172 valence electrons. The van der Waals surface area contributed by atoms with Gasteiger partial charge in [-0.15, -0.1) is 11.3 Å². The van der Waals surface area contributed by atoms with Crippen LogP contribution in [0.2, 0.25) is 0 Å². The van der Waals surface area contributed by atoms with E-state index >= 15 is 0 Å². The third kappa shape index (κ3) is 5.57. The normalized spacial score (nSPS) is 16.8. The first-order valence-corrected chi connectivity index (χ1v) is 13.3. The Kier molecular flexibility index (Phi) is 7.58. The quantitative estimate of drug-likeness (QED) is 0.632. The Morgan fingerprint density at radius 1 is 1.10 bits per heavy atom. The molecule has 0 aliphatic heterocycles. The molecular weight excluding hydrogens is 442 g/mol. The number of nitrogens with zero attached hydrogens (tertiary/aromatic N) is 1. The number of ether oxygens (including phenoxy) is 1. The van der Waals surface area contributed by atoms with Gasteiger partial charge in [0.25, 0.3) is 0 Å². The molecule has 1 aromatic heterocycles. The van der Waals surface area contributed by atoms with Crippen molar-refractivity contribution in [2.45, 2.75) is 70.8 Å². The van der Waals surface area contributed by atoms with E-state index in [0.29, 0.717) is 23.4 Å². The number of thiophene rings is 1. The molecule has 2 aliphatic carbocycles. The third-order valence-electron chi connectivity index (χ3n) is 5.56. The Morgan fingerprint density at radius 2 is 1.77 bits per heavy atom. The van der Waals surface area contributed by atoms with E-state index in [2.05, 4.69) is 10.6 Å². The monoisotopic (exact) mass is 471 g/mol. The maximum Gasteiger partial charge on any atom is 0.341 e. The number of amides is 4. The van der Waals surface area contributed by atoms with Gasteiger partial charge >= 0.3 is 18.0 Å². The van der Waals surface area contributed by atoms with Crippen LogP contribution in [-0.2, 0) is 27.6 Å². The lowest BCUT2D eigenvalue weighted by Crippen LogP contribution is -2.51. The van der Waals surface area contributed by atoms with Crippen LogP contribution in [0.15, 0.2) is 0 Å². The van der Waals surface area contributed by atoms with E-state index in [4.69, 9.17) is 4.74 Å². The number of fused-ring (bicyclic) bond motifs is 1. The van der Waals surface area contributed by atoms with Gasteiger partial charge in [0, 0.05) is 10.9 Å². The van der Waals surface area contributed by atoms with Gasteiger partial charge in [0.2, 0.25) is 10.0 Å². The molecule has 0 radical (unpaired) electrons. The lowest BCUT2D eigenvalue weighted by Gasteiger charge is -2.32. The van der Waals surface area contributed by atoms with Gasteiger partial charge in [0.1, 0.15) is 5.00 Å². The van der Waals surface area contributed by atoms with Crippen molar-refractivity contribution in [1.29, 1.82) is 0 Å². The van der Waals surface area contributed by atoms with Crippen LogP contribution in [0.5, 0.6) is 0 Å². The summed E-state index contributed by atoms with van der Waals surface area (Å²) < 4.78 is 30.4. The third-order valence-corrected chi connectivity index (χ3v) is 7.95. The summed E-state index contributed by atoms with van der Waals surface area (Å²) >= 11 is 1.30. The Hall–Kier alpha value is -2.14. The number of urea groups is 2. The molecule has 0 atom stereocenters. The molecule has 11 heteroatoms. The summed E-state index contributed by atoms with van der Waals surface area (Å²) in [6, 6.07) is -2.31. The van der Waals surface area contributed by atoms with Crippen molar-refractivity contribution in [2.24, 2.45) is 0 Å². The van der Waals surface area contributed by atoms with Gasteiger partial charge in [-0.3, -0.25) is 10.6 Å². The molecule has 0 bridgehead atoms. The standard InChI is InChI=1S/C20H29N3O6S2/c1-3-29-18(24)16-14-11-7-8-12-15(14)30-17(16)21-19(25)22-20(26)23(31(2,27)28)13-9-5-4-6-10-13/h13H,3-12H2,1-2H3,(H2,21,22,25,26). The zero-order valence-electron chi connectivity index (χ0n) is 17.9. The predicted molar refractivity (Wildman–Crippen MR) is 118 cm³/mol. The molecule has 1 aromatic rings. The largest absolute Gasteiger partial charge is 0.462 e.